The maximum Gasteiger partial charge on any atom is 0.251 e. The molecule has 0 atom stereocenters. The normalized spacial score (nSPS) is 16.0. The van der Waals surface area contributed by atoms with E-state index in [1.165, 1.54) is 11.0 Å². The van der Waals surface area contributed by atoms with Crippen LogP contribution in [-0.4, -0.2) is 59.5 Å². The van der Waals surface area contributed by atoms with Gasteiger partial charge in [0.05, 0.1) is 12.3 Å². The van der Waals surface area contributed by atoms with E-state index in [0.717, 1.165) is 31.6 Å². The largest absolute Gasteiger partial charge is 0.384 e. The number of amides is 1. The number of carbonyl (C=O) groups is 1. The van der Waals surface area contributed by atoms with Crippen LogP contribution in [0.3, 0.4) is 0 Å². The molecule has 2 heterocycles. The Kier molecular flexibility index (Phi) is 6.86. The van der Waals surface area contributed by atoms with Gasteiger partial charge in [0.1, 0.15) is 6.33 Å². The summed E-state index contributed by atoms with van der Waals surface area (Å²) in [6.07, 6.45) is 3.48. The molecule has 25 heavy (non-hydrogen) atoms. The summed E-state index contributed by atoms with van der Waals surface area (Å²) in [5, 5.41) is 17.5. The SMILES string of the molecule is COCC1(CNC(=O)c2cccc(-n3cnnn3)c2)CCNCC1.Cl. The Morgan fingerprint density at radius 2 is 2.20 bits per heavy atom. The van der Waals surface area contributed by atoms with Gasteiger partial charge in [0, 0.05) is 24.6 Å². The Balaban J connectivity index is 0.00000225. The summed E-state index contributed by atoms with van der Waals surface area (Å²) in [6, 6.07) is 7.24. The first-order chi connectivity index (χ1) is 11.7. The second-order valence-electron chi connectivity index (χ2n) is 6.17. The van der Waals surface area contributed by atoms with Crippen molar-refractivity contribution in [3.05, 3.63) is 36.2 Å². The third-order valence-electron chi connectivity index (χ3n) is 4.46. The second-order valence-corrected chi connectivity index (χ2v) is 6.17. The van der Waals surface area contributed by atoms with E-state index in [1.54, 1.807) is 19.2 Å². The monoisotopic (exact) mass is 366 g/mol. The molecule has 0 radical (unpaired) electrons. The third kappa shape index (κ3) is 4.75. The van der Waals surface area contributed by atoms with Gasteiger partial charge in [-0.1, -0.05) is 6.07 Å². The number of rotatable bonds is 6. The number of nitrogens with zero attached hydrogens (tertiary/aromatic N) is 4. The van der Waals surface area contributed by atoms with Crippen molar-refractivity contribution >= 4 is 18.3 Å². The lowest BCUT2D eigenvalue weighted by atomic mass is 9.79. The highest BCUT2D eigenvalue weighted by atomic mass is 35.5. The molecule has 0 unspecified atom stereocenters. The van der Waals surface area contributed by atoms with E-state index in [9.17, 15) is 4.79 Å². The minimum Gasteiger partial charge on any atom is -0.384 e. The molecular formula is C16H23ClN6O2. The molecule has 1 amide bonds. The van der Waals surface area contributed by atoms with Crippen LogP contribution in [0, 0.1) is 5.41 Å². The highest BCUT2D eigenvalue weighted by molar-refractivity contribution is 5.94. The van der Waals surface area contributed by atoms with Crippen LogP contribution in [-0.2, 0) is 4.74 Å². The highest BCUT2D eigenvalue weighted by Gasteiger charge is 2.32. The molecule has 0 bridgehead atoms. The summed E-state index contributed by atoms with van der Waals surface area (Å²) in [4.78, 5) is 12.5. The molecule has 1 aromatic heterocycles. The fourth-order valence-corrected chi connectivity index (χ4v) is 3.07. The third-order valence-corrected chi connectivity index (χ3v) is 4.46. The molecule has 2 N–H and O–H groups in total. The molecular weight excluding hydrogens is 344 g/mol. The van der Waals surface area contributed by atoms with E-state index < -0.39 is 0 Å². The molecule has 0 spiro atoms. The minimum absolute atomic E-state index is 0. The van der Waals surface area contributed by atoms with Crippen LogP contribution in [0.25, 0.3) is 5.69 Å². The van der Waals surface area contributed by atoms with Crippen molar-refractivity contribution in [2.24, 2.45) is 5.41 Å². The molecule has 2 aromatic rings. The topological polar surface area (TPSA) is 94.0 Å². The number of halogens is 1. The zero-order chi connectivity index (χ0) is 16.8. The zero-order valence-corrected chi connectivity index (χ0v) is 15.0. The van der Waals surface area contributed by atoms with Gasteiger partial charge in [0.25, 0.3) is 5.91 Å². The number of ether oxygens (including phenoxy) is 1. The molecule has 1 aliphatic heterocycles. The van der Waals surface area contributed by atoms with Gasteiger partial charge in [-0.05, 0) is 54.6 Å². The van der Waals surface area contributed by atoms with Crippen LogP contribution in [0.2, 0.25) is 0 Å². The van der Waals surface area contributed by atoms with Gasteiger partial charge in [0.2, 0.25) is 0 Å². The van der Waals surface area contributed by atoms with Crippen LogP contribution in [0.1, 0.15) is 23.2 Å². The number of hydrogen-bond donors (Lipinski definition) is 2. The standard InChI is InChI=1S/C16H22N6O2.ClH/c1-24-11-16(5-7-17-8-6-16)10-18-15(23)13-3-2-4-14(9-13)22-12-19-20-21-22;/h2-4,9,12,17H,5-8,10-11H2,1H3,(H,18,23);1H. The Bertz CT molecular complexity index is 668. The van der Waals surface area contributed by atoms with Crippen molar-refractivity contribution in [3.8, 4) is 5.69 Å². The summed E-state index contributed by atoms with van der Waals surface area (Å²) < 4.78 is 6.91. The van der Waals surface area contributed by atoms with Gasteiger partial charge in [-0.3, -0.25) is 4.79 Å². The molecule has 3 rings (SSSR count). The van der Waals surface area contributed by atoms with E-state index >= 15 is 0 Å². The number of carbonyl (C=O) groups excluding carboxylic acids is 1. The summed E-state index contributed by atoms with van der Waals surface area (Å²) in [5.41, 5.74) is 1.34. The lowest BCUT2D eigenvalue weighted by Gasteiger charge is -2.37. The van der Waals surface area contributed by atoms with Crippen LogP contribution in [0.5, 0.6) is 0 Å². The molecule has 136 valence electrons. The maximum absolute atomic E-state index is 12.5. The van der Waals surface area contributed by atoms with Crippen LogP contribution in [0.15, 0.2) is 30.6 Å². The molecule has 0 saturated carbocycles. The fraction of sp³-hybridized carbons (Fsp3) is 0.500. The van der Waals surface area contributed by atoms with E-state index in [2.05, 4.69) is 26.2 Å². The van der Waals surface area contributed by atoms with Crippen molar-refractivity contribution in [2.75, 3.05) is 33.4 Å². The Morgan fingerprint density at radius 1 is 1.40 bits per heavy atom. The number of benzene rings is 1. The molecule has 1 aromatic carbocycles. The van der Waals surface area contributed by atoms with Gasteiger partial charge < -0.3 is 15.4 Å². The van der Waals surface area contributed by atoms with Crippen LogP contribution in [0.4, 0.5) is 0 Å². The minimum atomic E-state index is -0.0982. The highest BCUT2D eigenvalue weighted by Crippen LogP contribution is 2.28. The summed E-state index contributed by atoms with van der Waals surface area (Å²) in [7, 11) is 1.71. The quantitative estimate of drug-likeness (QED) is 0.786. The lowest BCUT2D eigenvalue weighted by Crippen LogP contribution is -2.47. The van der Waals surface area contributed by atoms with Crippen LogP contribution >= 0.6 is 12.4 Å². The first kappa shape index (κ1) is 19.3. The number of tetrazole rings is 1. The number of hydrogen-bond acceptors (Lipinski definition) is 6. The van der Waals surface area contributed by atoms with Crippen molar-refractivity contribution < 1.29 is 9.53 Å². The van der Waals surface area contributed by atoms with Gasteiger partial charge in [-0.15, -0.1) is 17.5 Å². The summed E-state index contributed by atoms with van der Waals surface area (Å²) in [6.45, 7) is 3.16. The molecule has 1 fully saturated rings. The van der Waals surface area contributed by atoms with E-state index in [4.69, 9.17) is 4.74 Å². The Hall–Kier alpha value is -2.03. The van der Waals surface area contributed by atoms with Gasteiger partial charge >= 0.3 is 0 Å². The first-order valence-electron chi connectivity index (χ1n) is 8.04. The Labute approximate surface area is 152 Å². The van der Waals surface area contributed by atoms with E-state index in [0.29, 0.717) is 18.7 Å². The number of nitrogens with one attached hydrogen (secondary N) is 2. The van der Waals surface area contributed by atoms with Crippen molar-refractivity contribution in [1.82, 2.24) is 30.8 Å². The van der Waals surface area contributed by atoms with Gasteiger partial charge in [-0.2, -0.15) is 0 Å². The predicted molar refractivity (Wildman–Crippen MR) is 95.1 cm³/mol. The first-order valence-corrected chi connectivity index (χ1v) is 8.04. The van der Waals surface area contributed by atoms with Crippen LogP contribution < -0.4 is 10.6 Å². The lowest BCUT2D eigenvalue weighted by molar-refractivity contribution is 0.0512. The summed E-state index contributed by atoms with van der Waals surface area (Å²) >= 11 is 0. The van der Waals surface area contributed by atoms with Crippen molar-refractivity contribution in [1.29, 1.82) is 0 Å². The number of methoxy groups -OCH3 is 1. The van der Waals surface area contributed by atoms with Gasteiger partial charge in [-0.25, -0.2) is 4.68 Å². The van der Waals surface area contributed by atoms with E-state index in [-0.39, 0.29) is 23.7 Å². The maximum atomic E-state index is 12.5. The molecule has 1 saturated heterocycles. The second kappa shape index (κ2) is 8.89. The van der Waals surface area contributed by atoms with Gasteiger partial charge in [0.15, 0.2) is 0 Å². The fourth-order valence-electron chi connectivity index (χ4n) is 3.07. The number of piperidine rings is 1. The predicted octanol–water partition coefficient (Wildman–Crippen LogP) is 0.830. The van der Waals surface area contributed by atoms with Crippen molar-refractivity contribution in [3.63, 3.8) is 0 Å². The average Bonchev–Trinajstić information content (AvgIpc) is 3.16. The number of aromatic nitrogens is 4. The van der Waals surface area contributed by atoms with Crippen molar-refractivity contribution in [2.45, 2.75) is 12.8 Å². The molecule has 8 nitrogen and oxygen atoms in total. The zero-order valence-electron chi connectivity index (χ0n) is 14.1. The smallest absolute Gasteiger partial charge is 0.251 e. The molecule has 0 aliphatic carbocycles. The Morgan fingerprint density at radius 3 is 2.88 bits per heavy atom. The molecule has 1 aliphatic rings. The summed E-state index contributed by atoms with van der Waals surface area (Å²) in [5.74, 6) is -0.0982. The average molecular weight is 367 g/mol. The molecule has 9 heteroatoms. The van der Waals surface area contributed by atoms with E-state index in [1.807, 2.05) is 12.1 Å².